The fourth-order valence-corrected chi connectivity index (χ4v) is 9.58. The molecule has 0 bridgehead atoms. The first-order valence-electron chi connectivity index (χ1n) is 19.3. The topological polar surface area (TPSA) is 43.1 Å². The average Bonchev–Trinajstić information content (AvgIpc) is 3.90. The Morgan fingerprint density at radius 3 is 1.86 bits per heavy atom. The molecule has 58 heavy (non-hydrogen) atoms. The van der Waals surface area contributed by atoms with Gasteiger partial charge in [0, 0.05) is 33.8 Å². The molecule has 7 aromatic carbocycles. The van der Waals surface area contributed by atoms with Crippen LogP contribution in [-0.4, -0.2) is 19.4 Å². The quantitative estimate of drug-likeness (QED) is 0.180. The van der Waals surface area contributed by atoms with Crippen LogP contribution in [0.4, 0.5) is 8.78 Å². The summed E-state index contributed by atoms with van der Waals surface area (Å²) in [5.74, 6) is -0.110. The number of rotatable bonds is 4. The first-order valence-corrected chi connectivity index (χ1v) is 19.3. The molecule has 2 aliphatic carbocycles. The van der Waals surface area contributed by atoms with Gasteiger partial charge in [-0.05, 0) is 99.1 Å². The molecule has 0 saturated carbocycles. The highest BCUT2D eigenvalue weighted by Crippen LogP contribution is 2.63. The molecule has 0 radical (unpaired) electrons. The maximum absolute atomic E-state index is 15.4. The van der Waals surface area contributed by atoms with Gasteiger partial charge in [0.1, 0.15) is 17.3 Å². The molecule has 6 heteroatoms. The Balaban J connectivity index is 1.07. The number of para-hydroxylation sites is 1. The Morgan fingerprint density at radius 2 is 1.05 bits per heavy atom. The van der Waals surface area contributed by atoms with E-state index in [0.29, 0.717) is 5.82 Å². The molecule has 0 unspecified atom stereocenters. The first kappa shape index (κ1) is 32.7. The van der Waals surface area contributed by atoms with E-state index < -0.39 is 5.41 Å². The number of aromatic nitrogens is 4. The highest BCUT2D eigenvalue weighted by molar-refractivity contribution is 5.98. The van der Waals surface area contributed by atoms with Crippen LogP contribution < -0.4 is 0 Å². The van der Waals surface area contributed by atoms with E-state index in [9.17, 15) is 0 Å². The molecule has 272 valence electrons. The van der Waals surface area contributed by atoms with Crippen molar-refractivity contribution in [2.75, 3.05) is 0 Å². The second-order valence-corrected chi connectivity index (χ2v) is 15.0. The Hall–Kier alpha value is -7.57. The zero-order chi connectivity index (χ0) is 38.5. The van der Waals surface area contributed by atoms with E-state index in [0.717, 1.165) is 100 Å². The molecule has 3 heterocycles. The van der Waals surface area contributed by atoms with Gasteiger partial charge in [-0.25, -0.2) is 23.7 Å². The van der Waals surface area contributed by atoms with Gasteiger partial charge in [0.15, 0.2) is 5.82 Å². The zero-order valence-corrected chi connectivity index (χ0v) is 30.9. The minimum atomic E-state index is -0.935. The van der Waals surface area contributed by atoms with E-state index in [4.69, 9.17) is 15.0 Å². The van der Waals surface area contributed by atoms with Crippen molar-refractivity contribution in [1.29, 1.82) is 0 Å². The largest absolute Gasteiger partial charge is 0.299 e. The maximum atomic E-state index is 15.4. The lowest BCUT2D eigenvalue weighted by atomic mass is 9.70. The van der Waals surface area contributed by atoms with Gasteiger partial charge in [-0.15, -0.1) is 0 Å². The number of hydrogen-bond acceptors (Lipinski definition) is 3. The summed E-state index contributed by atoms with van der Waals surface area (Å²) in [6.45, 7) is 0. The molecule has 0 atom stereocenters. The number of fused-ring (bicyclic) bond motifs is 12. The predicted molar refractivity (Wildman–Crippen MR) is 226 cm³/mol. The Bertz CT molecular complexity index is 3280. The van der Waals surface area contributed by atoms with Crippen LogP contribution in [0.2, 0.25) is 0 Å². The summed E-state index contributed by atoms with van der Waals surface area (Å²) in [5.41, 5.74) is 14.6. The van der Waals surface area contributed by atoms with Crippen LogP contribution in [0.15, 0.2) is 182 Å². The van der Waals surface area contributed by atoms with Gasteiger partial charge >= 0.3 is 0 Å². The SMILES string of the molecule is Fc1ccc2c(c1)C1(c3ccccc3-c3ccc(-c4nc(-c5cccc(-c6c(-c7ccccc7)nc7ccccn67)c5)c5ccccc5n4)cc31)c1cc(F)ccc1-2. The van der Waals surface area contributed by atoms with Crippen molar-refractivity contribution in [1.82, 2.24) is 19.4 Å². The Kier molecular flexibility index (Phi) is 6.88. The molecule has 2 aliphatic rings. The lowest BCUT2D eigenvalue weighted by Crippen LogP contribution is -2.26. The van der Waals surface area contributed by atoms with Crippen LogP contribution in [0, 0.1) is 11.6 Å². The van der Waals surface area contributed by atoms with Gasteiger partial charge < -0.3 is 0 Å². The molecule has 4 nitrogen and oxygen atoms in total. The number of halogens is 2. The smallest absolute Gasteiger partial charge is 0.160 e. The minimum absolute atomic E-state index is 0.335. The van der Waals surface area contributed by atoms with Gasteiger partial charge in [0.05, 0.1) is 28.0 Å². The van der Waals surface area contributed by atoms with E-state index >= 15 is 8.78 Å². The number of hydrogen-bond donors (Lipinski definition) is 0. The number of nitrogens with zero attached hydrogens (tertiary/aromatic N) is 4. The maximum Gasteiger partial charge on any atom is 0.160 e. The third-order valence-electron chi connectivity index (χ3n) is 12.0. The summed E-state index contributed by atoms with van der Waals surface area (Å²) in [4.78, 5) is 15.6. The molecule has 0 aliphatic heterocycles. The molecular formula is C52H30F2N4. The van der Waals surface area contributed by atoms with Gasteiger partial charge in [-0.3, -0.25) is 4.40 Å². The van der Waals surface area contributed by atoms with Gasteiger partial charge in [0.2, 0.25) is 0 Å². The monoisotopic (exact) mass is 748 g/mol. The van der Waals surface area contributed by atoms with Crippen molar-refractivity contribution in [3.05, 3.63) is 216 Å². The average molecular weight is 749 g/mol. The van der Waals surface area contributed by atoms with Crippen molar-refractivity contribution in [2.45, 2.75) is 5.41 Å². The lowest BCUT2D eigenvalue weighted by molar-refractivity contribution is 0.618. The van der Waals surface area contributed by atoms with Crippen LogP contribution in [0.1, 0.15) is 22.3 Å². The number of benzene rings is 7. The lowest BCUT2D eigenvalue weighted by Gasteiger charge is -2.30. The molecule has 3 aromatic heterocycles. The van der Waals surface area contributed by atoms with Crippen LogP contribution in [0.25, 0.3) is 84.0 Å². The third-order valence-corrected chi connectivity index (χ3v) is 12.0. The summed E-state index contributed by atoms with van der Waals surface area (Å²) in [7, 11) is 0. The highest BCUT2D eigenvalue weighted by Gasteiger charge is 2.52. The Morgan fingerprint density at radius 1 is 0.414 bits per heavy atom. The summed E-state index contributed by atoms with van der Waals surface area (Å²) < 4.78 is 32.9. The summed E-state index contributed by atoms with van der Waals surface area (Å²) in [6, 6.07) is 57.3. The van der Waals surface area contributed by atoms with Crippen molar-refractivity contribution >= 4 is 16.6 Å². The molecule has 1 spiro atoms. The Labute approximate surface area is 332 Å². The summed E-state index contributed by atoms with van der Waals surface area (Å²) >= 11 is 0. The number of imidazole rings is 1. The highest BCUT2D eigenvalue weighted by atomic mass is 19.1. The van der Waals surface area contributed by atoms with Crippen LogP contribution >= 0.6 is 0 Å². The van der Waals surface area contributed by atoms with Gasteiger partial charge in [0.25, 0.3) is 0 Å². The fourth-order valence-electron chi connectivity index (χ4n) is 9.58. The molecule has 0 saturated heterocycles. The molecule has 0 N–H and O–H groups in total. The van der Waals surface area contributed by atoms with E-state index in [-0.39, 0.29) is 11.6 Å². The van der Waals surface area contributed by atoms with Crippen molar-refractivity contribution in [3.63, 3.8) is 0 Å². The molecule has 0 fully saturated rings. The summed E-state index contributed by atoms with van der Waals surface area (Å²) in [5, 5.41) is 0.930. The molecule has 10 aromatic rings. The number of pyridine rings is 1. The molecule has 12 rings (SSSR count). The fraction of sp³-hybridized carbons (Fsp3) is 0.0192. The van der Waals surface area contributed by atoms with Gasteiger partial charge in [-0.1, -0.05) is 121 Å². The second kappa shape index (κ2) is 12.2. The van der Waals surface area contributed by atoms with Crippen molar-refractivity contribution in [3.8, 4) is 67.4 Å². The zero-order valence-electron chi connectivity index (χ0n) is 30.9. The van der Waals surface area contributed by atoms with E-state index in [1.165, 1.54) is 12.1 Å². The second-order valence-electron chi connectivity index (χ2n) is 15.0. The van der Waals surface area contributed by atoms with Crippen molar-refractivity contribution < 1.29 is 8.78 Å². The van der Waals surface area contributed by atoms with Crippen LogP contribution in [0.3, 0.4) is 0 Å². The summed E-state index contributed by atoms with van der Waals surface area (Å²) in [6.07, 6.45) is 2.05. The minimum Gasteiger partial charge on any atom is -0.299 e. The molecule has 0 amide bonds. The van der Waals surface area contributed by atoms with E-state index in [1.807, 2.05) is 78.9 Å². The van der Waals surface area contributed by atoms with Gasteiger partial charge in [-0.2, -0.15) is 0 Å². The molecular weight excluding hydrogens is 719 g/mol. The third kappa shape index (κ3) is 4.57. The standard InChI is InChI=1S/C52H30F2N4/c53-35-21-24-39-40-25-22-36(54)30-45(40)52(44(39)29-35)42-17-6-4-15-37(42)38-23-20-34(28-43(38)52)51-55-46-18-7-5-16-41(46)48(57-51)32-13-10-14-33(27-32)50-49(31-11-2-1-3-12-31)56-47-19-8-9-26-58(47)50/h1-30H. The first-order chi connectivity index (χ1) is 28.6. The normalized spacial score (nSPS) is 13.1. The van der Waals surface area contributed by atoms with Crippen LogP contribution in [-0.2, 0) is 5.41 Å². The van der Waals surface area contributed by atoms with Crippen molar-refractivity contribution in [2.24, 2.45) is 0 Å². The van der Waals surface area contributed by atoms with Crippen LogP contribution in [0.5, 0.6) is 0 Å². The van der Waals surface area contributed by atoms with E-state index in [1.54, 1.807) is 12.1 Å². The van der Waals surface area contributed by atoms with E-state index in [2.05, 4.69) is 83.4 Å². The predicted octanol–water partition coefficient (Wildman–Crippen LogP) is 12.6.